The predicted octanol–water partition coefficient (Wildman–Crippen LogP) is 0.399. The van der Waals surface area contributed by atoms with Crippen LogP contribution in [-0.4, -0.2) is 50.9 Å². The molecule has 0 saturated carbocycles. The SMILES string of the molecule is CCCCCS(=O)(=O)CC(=O)N(C)CCCN. The number of sulfone groups is 1. The van der Waals surface area contributed by atoms with E-state index in [9.17, 15) is 13.2 Å². The quantitative estimate of drug-likeness (QED) is 0.611. The summed E-state index contributed by atoms with van der Waals surface area (Å²) in [4.78, 5) is 13.0. The van der Waals surface area contributed by atoms with Gasteiger partial charge in [0.15, 0.2) is 9.84 Å². The monoisotopic (exact) mass is 264 g/mol. The van der Waals surface area contributed by atoms with Gasteiger partial charge in [0.25, 0.3) is 0 Å². The molecule has 0 fully saturated rings. The van der Waals surface area contributed by atoms with Crippen molar-refractivity contribution in [1.29, 1.82) is 0 Å². The Labute approximate surface area is 104 Å². The molecule has 5 nitrogen and oxygen atoms in total. The van der Waals surface area contributed by atoms with Crippen LogP contribution < -0.4 is 5.73 Å². The third kappa shape index (κ3) is 8.15. The molecule has 0 aromatic heterocycles. The van der Waals surface area contributed by atoms with Gasteiger partial charge in [0.05, 0.1) is 5.75 Å². The maximum atomic E-state index is 11.6. The minimum absolute atomic E-state index is 0.108. The van der Waals surface area contributed by atoms with Crippen molar-refractivity contribution >= 4 is 15.7 Å². The second-order valence-corrected chi connectivity index (χ2v) is 6.44. The molecule has 0 spiro atoms. The van der Waals surface area contributed by atoms with E-state index in [0.717, 1.165) is 12.8 Å². The minimum atomic E-state index is -3.25. The first kappa shape index (κ1) is 16.4. The van der Waals surface area contributed by atoms with Crippen LogP contribution in [0, 0.1) is 0 Å². The summed E-state index contributed by atoms with van der Waals surface area (Å²) in [5, 5.41) is 0. The first-order valence-electron chi connectivity index (χ1n) is 6.07. The van der Waals surface area contributed by atoms with Crippen molar-refractivity contribution in [2.45, 2.75) is 32.6 Å². The number of carbonyl (C=O) groups is 1. The van der Waals surface area contributed by atoms with E-state index in [1.807, 2.05) is 6.92 Å². The molecule has 1 amide bonds. The lowest BCUT2D eigenvalue weighted by Gasteiger charge is -2.16. The van der Waals surface area contributed by atoms with Crippen LogP contribution in [0.1, 0.15) is 32.6 Å². The van der Waals surface area contributed by atoms with Crippen LogP contribution in [0.15, 0.2) is 0 Å². The highest BCUT2D eigenvalue weighted by Gasteiger charge is 2.18. The molecule has 0 heterocycles. The van der Waals surface area contributed by atoms with Gasteiger partial charge >= 0.3 is 0 Å². The van der Waals surface area contributed by atoms with Crippen molar-refractivity contribution in [3.05, 3.63) is 0 Å². The number of nitrogens with zero attached hydrogens (tertiary/aromatic N) is 1. The van der Waals surface area contributed by atoms with Crippen LogP contribution in [-0.2, 0) is 14.6 Å². The number of hydrogen-bond donors (Lipinski definition) is 1. The molecule has 0 aliphatic heterocycles. The number of unbranched alkanes of at least 4 members (excludes halogenated alkanes) is 2. The average molecular weight is 264 g/mol. The van der Waals surface area contributed by atoms with Crippen molar-refractivity contribution in [3.63, 3.8) is 0 Å². The predicted molar refractivity (Wildman–Crippen MR) is 69.5 cm³/mol. The van der Waals surface area contributed by atoms with Gasteiger partial charge in [-0.3, -0.25) is 4.79 Å². The summed E-state index contributed by atoms with van der Waals surface area (Å²) in [5.41, 5.74) is 5.33. The van der Waals surface area contributed by atoms with E-state index in [0.29, 0.717) is 25.9 Å². The number of rotatable bonds is 9. The van der Waals surface area contributed by atoms with E-state index >= 15 is 0 Å². The van der Waals surface area contributed by atoms with Crippen LogP contribution in [0.5, 0.6) is 0 Å². The normalized spacial score (nSPS) is 11.5. The average Bonchev–Trinajstić information content (AvgIpc) is 2.25. The van der Waals surface area contributed by atoms with Gasteiger partial charge in [-0.05, 0) is 19.4 Å². The largest absolute Gasteiger partial charge is 0.345 e. The van der Waals surface area contributed by atoms with E-state index in [-0.39, 0.29) is 17.4 Å². The van der Waals surface area contributed by atoms with Gasteiger partial charge in [0.2, 0.25) is 5.91 Å². The molecule has 0 unspecified atom stereocenters. The first-order chi connectivity index (χ1) is 7.93. The number of hydrogen-bond acceptors (Lipinski definition) is 4. The van der Waals surface area contributed by atoms with Gasteiger partial charge in [-0.25, -0.2) is 8.42 Å². The lowest BCUT2D eigenvalue weighted by atomic mass is 10.3. The Bertz CT molecular complexity index is 315. The Hall–Kier alpha value is -0.620. The topological polar surface area (TPSA) is 80.5 Å². The standard InChI is InChI=1S/C11H24N2O3S/c1-3-4-5-9-17(15,16)10-11(14)13(2)8-6-7-12/h3-10,12H2,1-2H3. The van der Waals surface area contributed by atoms with E-state index < -0.39 is 9.84 Å². The molecule has 6 heteroatoms. The zero-order valence-corrected chi connectivity index (χ0v) is 11.6. The summed E-state index contributed by atoms with van der Waals surface area (Å²) in [6.07, 6.45) is 3.19. The molecule has 0 aliphatic carbocycles. The maximum Gasteiger partial charge on any atom is 0.237 e. The van der Waals surface area contributed by atoms with Gasteiger partial charge in [-0.1, -0.05) is 19.8 Å². The summed E-state index contributed by atoms with van der Waals surface area (Å²) in [5.74, 6) is -0.607. The lowest BCUT2D eigenvalue weighted by molar-refractivity contribution is -0.127. The smallest absolute Gasteiger partial charge is 0.237 e. The Morgan fingerprint density at radius 2 is 1.88 bits per heavy atom. The Morgan fingerprint density at radius 3 is 2.41 bits per heavy atom. The highest BCUT2D eigenvalue weighted by molar-refractivity contribution is 7.92. The Kier molecular flexibility index (Phi) is 8.16. The van der Waals surface area contributed by atoms with Crippen molar-refractivity contribution in [1.82, 2.24) is 4.90 Å². The Morgan fingerprint density at radius 1 is 1.24 bits per heavy atom. The fraction of sp³-hybridized carbons (Fsp3) is 0.909. The van der Waals surface area contributed by atoms with Gasteiger partial charge < -0.3 is 10.6 Å². The zero-order chi connectivity index (χ0) is 13.3. The van der Waals surface area contributed by atoms with Gasteiger partial charge in [0, 0.05) is 13.6 Å². The molecule has 0 saturated heterocycles. The molecule has 0 atom stereocenters. The highest BCUT2D eigenvalue weighted by atomic mass is 32.2. The number of amides is 1. The molecule has 102 valence electrons. The third-order valence-electron chi connectivity index (χ3n) is 2.53. The second kappa shape index (κ2) is 8.47. The van der Waals surface area contributed by atoms with Crippen molar-refractivity contribution < 1.29 is 13.2 Å². The molecule has 0 bridgehead atoms. The fourth-order valence-electron chi connectivity index (χ4n) is 1.40. The first-order valence-corrected chi connectivity index (χ1v) is 7.89. The van der Waals surface area contributed by atoms with Crippen molar-refractivity contribution in [2.24, 2.45) is 5.73 Å². The van der Waals surface area contributed by atoms with Crippen LogP contribution in [0.4, 0.5) is 0 Å². The maximum absolute atomic E-state index is 11.6. The highest BCUT2D eigenvalue weighted by Crippen LogP contribution is 2.02. The van der Waals surface area contributed by atoms with E-state index in [4.69, 9.17) is 5.73 Å². The minimum Gasteiger partial charge on any atom is -0.345 e. The van der Waals surface area contributed by atoms with Gasteiger partial charge in [-0.15, -0.1) is 0 Å². The van der Waals surface area contributed by atoms with E-state index in [1.54, 1.807) is 7.05 Å². The summed E-state index contributed by atoms with van der Waals surface area (Å²) in [6, 6.07) is 0. The van der Waals surface area contributed by atoms with Crippen LogP contribution in [0.3, 0.4) is 0 Å². The second-order valence-electron chi connectivity index (χ2n) is 4.26. The molecular weight excluding hydrogens is 240 g/mol. The molecule has 0 aromatic carbocycles. The third-order valence-corrected chi connectivity index (χ3v) is 4.12. The fourth-order valence-corrected chi connectivity index (χ4v) is 2.78. The molecule has 2 N–H and O–H groups in total. The summed E-state index contributed by atoms with van der Waals surface area (Å²) < 4.78 is 23.2. The zero-order valence-electron chi connectivity index (χ0n) is 10.8. The summed E-state index contributed by atoms with van der Waals surface area (Å²) in [6.45, 7) is 3.03. The number of nitrogens with two attached hydrogens (primary N) is 1. The van der Waals surface area contributed by atoms with Gasteiger partial charge in [0.1, 0.15) is 5.75 Å². The van der Waals surface area contributed by atoms with Crippen LogP contribution in [0.2, 0.25) is 0 Å². The van der Waals surface area contributed by atoms with Crippen molar-refractivity contribution in [2.75, 3.05) is 31.6 Å². The van der Waals surface area contributed by atoms with Crippen LogP contribution in [0.25, 0.3) is 0 Å². The molecule has 17 heavy (non-hydrogen) atoms. The molecular formula is C11H24N2O3S. The Balaban J connectivity index is 4.08. The molecule has 0 aliphatic rings. The molecule has 0 radical (unpaired) electrons. The summed E-state index contributed by atoms with van der Waals surface area (Å²) in [7, 11) is -1.63. The molecule has 0 rings (SSSR count). The number of carbonyl (C=O) groups excluding carboxylic acids is 1. The van der Waals surface area contributed by atoms with E-state index in [2.05, 4.69) is 0 Å². The van der Waals surface area contributed by atoms with Crippen molar-refractivity contribution in [3.8, 4) is 0 Å². The lowest BCUT2D eigenvalue weighted by Crippen LogP contribution is -2.34. The summed E-state index contributed by atoms with van der Waals surface area (Å²) >= 11 is 0. The van der Waals surface area contributed by atoms with Gasteiger partial charge in [-0.2, -0.15) is 0 Å². The van der Waals surface area contributed by atoms with E-state index in [1.165, 1.54) is 4.90 Å². The molecule has 0 aromatic rings. The van der Waals surface area contributed by atoms with Crippen LogP contribution >= 0.6 is 0 Å².